The highest BCUT2D eigenvalue weighted by atomic mass is 35.5. The summed E-state index contributed by atoms with van der Waals surface area (Å²) in [4.78, 5) is 4.60. The molecule has 3 rings (SSSR count). The van der Waals surface area contributed by atoms with Crippen LogP contribution in [0.3, 0.4) is 0 Å². The van der Waals surface area contributed by atoms with Gasteiger partial charge in [-0.15, -0.1) is 0 Å². The third-order valence-corrected chi connectivity index (χ3v) is 5.81. The first-order valence-electron chi connectivity index (χ1n) is 9.54. The summed E-state index contributed by atoms with van der Waals surface area (Å²) in [6.45, 7) is 8.43. The van der Waals surface area contributed by atoms with E-state index < -0.39 is 0 Å². The van der Waals surface area contributed by atoms with Crippen molar-refractivity contribution in [3.05, 3.63) is 34.2 Å². The molecule has 0 aliphatic carbocycles. The van der Waals surface area contributed by atoms with Gasteiger partial charge in [0, 0.05) is 50.4 Å². The quantitative estimate of drug-likeness (QED) is 0.706. The van der Waals surface area contributed by atoms with Crippen molar-refractivity contribution in [3.63, 3.8) is 0 Å². The zero-order chi connectivity index (χ0) is 21.0. The Bertz CT molecular complexity index is 854. The molecule has 2 heterocycles. The van der Waals surface area contributed by atoms with Gasteiger partial charge in [-0.2, -0.15) is 0 Å². The number of hydrogen-bond donors (Lipinski definition) is 1. The Morgan fingerprint density at radius 3 is 2.59 bits per heavy atom. The molecule has 0 bridgehead atoms. The first kappa shape index (κ1) is 21.7. The lowest BCUT2D eigenvalue weighted by Gasteiger charge is -2.25. The largest absolute Gasteiger partial charge is 0.495 e. The van der Waals surface area contributed by atoms with Crippen LogP contribution < -0.4 is 14.8 Å². The van der Waals surface area contributed by atoms with Gasteiger partial charge >= 0.3 is 0 Å². The Morgan fingerprint density at radius 1 is 1.17 bits per heavy atom. The Balaban J connectivity index is 1.64. The molecular formula is C20H27ClN4O3S. The minimum atomic E-state index is 0.491. The van der Waals surface area contributed by atoms with E-state index in [4.69, 9.17) is 37.8 Å². The molecule has 1 aliphatic rings. The lowest BCUT2D eigenvalue weighted by molar-refractivity contribution is 0.275. The van der Waals surface area contributed by atoms with E-state index in [-0.39, 0.29) is 0 Å². The molecule has 1 fully saturated rings. The number of rotatable bonds is 5. The van der Waals surface area contributed by atoms with Crippen LogP contribution in [0.2, 0.25) is 5.02 Å². The molecule has 1 aliphatic heterocycles. The van der Waals surface area contributed by atoms with Gasteiger partial charge in [-0.3, -0.25) is 4.90 Å². The number of ether oxygens (including phenoxy) is 2. The standard InChI is InChI=1S/C20H27ClN4O3S/c1-13-15(14(2)28-23-13)12-24-6-5-7-25(9-8-24)20(29)22-17-11-18(26-3)16(21)10-19(17)27-4/h10-11H,5-9,12H2,1-4H3,(H,22,29). The molecule has 0 radical (unpaired) electrons. The normalized spacial score (nSPS) is 15.1. The molecule has 1 N–H and O–H groups in total. The molecular weight excluding hydrogens is 412 g/mol. The number of nitrogens with zero attached hydrogens (tertiary/aromatic N) is 3. The number of halogens is 1. The van der Waals surface area contributed by atoms with Crippen LogP contribution in [-0.4, -0.2) is 60.5 Å². The Hall–Kier alpha value is -2.03. The fourth-order valence-corrected chi connectivity index (χ4v) is 3.96. The zero-order valence-electron chi connectivity index (χ0n) is 17.2. The average Bonchev–Trinajstić information content (AvgIpc) is 2.89. The Morgan fingerprint density at radius 2 is 1.93 bits per heavy atom. The SMILES string of the molecule is COc1cc(NC(=S)N2CCCN(Cc3c(C)noc3C)CC2)c(OC)cc1Cl. The van der Waals surface area contributed by atoms with Crippen molar-refractivity contribution in [2.45, 2.75) is 26.8 Å². The van der Waals surface area contributed by atoms with Crippen LogP contribution in [0.1, 0.15) is 23.4 Å². The van der Waals surface area contributed by atoms with E-state index in [0.717, 1.165) is 56.3 Å². The summed E-state index contributed by atoms with van der Waals surface area (Å²) in [6.07, 6.45) is 1.02. The minimum absolute atomic E-state index is 0.491. The molecule has 1 aromatic heterocycles. The van der Waals surface area contributed by atoms with Gasteiger partial charge in [0.15, 0.2) is 5.11 Å². The van der Waals surface area contributed by atoms with Crippen molar-refractivity contribution in [3.8, 4) is 11.5 Å². The number of anilines is 1. The summed E-state index contributed by atoms with van der Waals surface area (Å²) in [7, 11) is 3.18. The van der Waals surface area contributed by atoms with Gasteiger partial charge < -0.3 is 24.2 Å². The third kappa shape index (κ3) is 5.12. The second kappa shape index (κ2) is 9.65. The van der Waals surface area contributed by atoms with Crippen molar-refractivity contribution >= 4 is 34.6 Å². The predicted octanol–water partition coefficient (Wildman–Crippen LogP) is 3.87. The summed E-state index contributed by atoms with van der Waals surface area (Å²) in [6, 6.07) is 3.52. The number of methoxy groups -OCH3 is 2. The molecule has 29 heavy (non-hydrogen) atoms. The van der Waals surface area contributed by atoms with Crippen molar-refractivity contribution < 1.29 is 14.0 Å². The second-order valence-electron chi connectivity index (χ2n) is 7.04. The molecule has 0 amide bonds. The van der Waals surface area contributed by atoms with E-state index in [0.29, 0.717) is 21.6 Å². The van der Waals surface area contributed by atoms with E-state index in [1.54, 1.807) is 26.4 Å². The van der Waals surface area contributed by atoms with E-state index >= 15 is 0 Å². The Kier molecular flexibility index (Phi) is 7.21. The second-order valence-corrected chi connectivity index (χ2v) is 7.83. The highest BCUT2D eigenvalue weighted by Gasteiger charge is 2.20. The summed E-state index contributed by atoms with van der Waals surface area (Å²) in [5.41, 5.74) is 2.87. The number of aromatic nitrogens is 1. The van der Waals surface area contributed by atoms with E-state index in [1.165, 1.54) is 5.56 Å². The van der Waals surface area contributed by atoms with E-state index in [9.17, 15) is 0 Å². The molecule has 0 atom stereocenters. The maximum absolute atomic E-state index is 6.19. The van der Waals surface area contributed by atoms with Crippen molar-refractivity contribution in [1.29, 1.82) is 0 Å². The van der Waals surface area contributed by atoms with Gasteiger partial charge in [0.25, 0.3) is 0 Å². The molecule has 158 valence electrons. The van der Waals surface area contributed by atoms with Gasteiger partial charge in [-0.25, -0.2) is 0 Å². The topological polar surface area (TPSA) is 63.0 Å². The van der Waals surface area contributed by atoms with Crippen LogP contribution in [0, 0.1) is 13.8 Å². The summed E-state index contributed by atoms with van der Waals surface area (Å²) >= 11 is 11.9. The van der Waals surface area contributed by atoms with Crippen LogP contribution in [0.4, 0.5) is 5.69 Å². The molecule has 2 aromatic rings. The smallest absolute Gasteiger partial charge is 0.173 e. The average molecular weight is 439 g/mol. The fourth-order valence-electron chi connectivity index (χ4n) is 3.44. The molecule has 1 aromatic carbocycles. The third-order valence-electron chi connectivity index (χ3n) is 5.15. The minimum Gasteiger partial charge on any atom is -0.495 e. The maximum Gasteiger partial charge on any atom is 0.173 e. The van der Waals surface area contributed by atoms with E-state index in [1.807, 2.05) is 13.8 Å². The summed E-state index contributed by atoms with van der Waals surface area (Å²) in [5.74, 6) is 2.08. The summed E-state index contributed by atoms with van der Waals surface area (Å²) in [5, 5.41) is 8.50. The lowest BCUT2D eigenvalue weighted by atomic mass is 10.2. The predicted molar refractivity (Wildman–Crippen MR) is 118 cm³/mol. The van der Waals surface area contributed by atoms with Gasteiger partial charge in [0.05, 0.1) is 30.6 Å². The molecule has 0 saturated carbocycles. The zero-order valence-corrected chi connectivity index (χ0v) is 18.8. The molecule has 7 nitrogen and oxygen atoms in total. The van der Waals surface area contributed by atoms with Crippen LogP contribution in [0.5, 0.6) is 11.5 Å². The highest BCUT2D eigenvalue weighted by molar-refractivity contribution is 7.80. The molecule has 0 spiro atoms. The van der Waals surface area contributed by atoms with Gasteiger partial charge in [0.2, 0.25) is 0 Å². The maximum atomic E-state index is 6.19. The van der Waals surface area contributed by atoms with Crippen LogP contribution in [0.25, 0.3) is 0 Å². The van der Waals surface area contributed by atoms with Gasteiger partial charge in [-0.05, 0) is 32.5 Å². The van der Waals surface area contributed by atoms with Gasteiger partial charge in [0.1, 0.15) is 17.3 Å². The van der Waals surface area contributed by atoms with E-state index in [2.05, 4.69) is 20.3 Å². The van der Waals surface area contributed by atoms with Crippen LogP contribution in [-0.2, 0) is 6.54 Å². The molecule has 9 heteroatoms. The first-order valence-corrected chi connectivity index (χ1v) is 10.3. The van der Waals surface area contributed by atoms with Gasteiger partial charge in [-0.1, -0.05) is 16.8 Å². The number of aryl methyl sites for hydroxylation is 2. The fraction of sp³-hybridized carbons (Fsp3) is 0.500. The summed E-state index contributed by atoms with van der Waals surface area (Å²) < 4.78 is 16.0. The number of thiocarbonyl (C=S) groups is 1. The monoisotopic (exact) mass is 438 g/mol. The molecule has 0 unspecified atom stereocenters. The Labute approximate surface area is 181 Å². The number of nitrogens with one attached hydrogen (secondary N) is 1. The van der Waals surface area contributed by atoms with Crippen molar-refractivity contribution in [1.82, 2.24) is 15.0 Å². The van der Waals surface area contributed by atoms with Crippen LogP contribution in [0.15, 0.2) is 16.7 Å². The number of benzene rings is 1. The van der Waals surface area contributed by atoms with Crippen molar-refractivity contribution in [2.24, 2.45) is 0 Å². The highest BCUT2D eigenvalue weighted by Crippen LogP contribution is 2.36. The van der Waals surface area contributed by atoms with Crippen molar-refractivity contribution in [2.75, 3.05) is 45.7 Å². The van der Waals surface area contributed by atoms with Crippen LogP contribution >= 0.6 is 23.8 Å². The molecule has 1 saturated heterocycles. The number of hydrogen-bond acceptors (Lipinski definition) is 6. The first-order chi connectivity index (χ1) is 13.9. The lowest BCUT2D eigenvalue weighted by Crippen LogP contribution is -2.37.